The number of rotatable bonds is 7. The zero-order valence-corrected chi connectivity index (χ0v) is 35.4. The Bertz CT molecular complexity index is 1720. The summed E-state index contributed by atoms with van der Waals surface area (Å²) in [5.74, 6) is 1.46. The zero-order valence-electron chi connectivity index (χ0n) is 35.4. The Morgan fingerprint density at radius 1 is 0.764 bits per heavy atom. The number of hydrogen-bond acceptors (Lipinski definition) is 5. The molecule has 0 unspecified atom stereocenters. The molecule has 0 bridgehead atoms. The number of hydrogen-bond donors (Lipinski definition) is 1. The van der Waals surface area contributed by atoms with Crippen LogP contribution < -0.4 is 0 Å². The van der Waals surface area contributed by atoms with Gasteiger partial charge < -0.3 is 19.3 Å². The van der Waals surface area contributed by atoms with E-state index in [2.05, 4.69) is 62.2 Å². The molecule has 7 aliphatic carbocycles. The second-order valence-electron chi connectivity index (χ2n) is 23.0. The van der Waals surface area contributed by atoms with E-state index in [9.17, 15) is 14.7 Å². The monoisotopic (exact) mass is 758 g/mol. The number of aliphatic carboxylic acids is 1. The number of amides is 1. The van der Waals surface area contributed by atoms with Gasteiger partial charge in [-0.25, -0.2) is 4.98 Å². The minimum Gasteiger partial charge on any atom is -0.481 e. The van der Waals surface area contributed by atoms with E-state index in [0.717, 1.165) is 64.5 Å². The Morgan fingerprint density at radius 2 is 1.53 bits per heavy atom. The number of ether oxygens (including phenoxy) is 1. The highest BCUT2D eigenvalue weighted by Gasteiger charge is 2.74. The first-order valence-corrected chi connectivity index (χ1v) is 22.5. The van der Waals surface area contributed by atoms with Crippen LogP contribution in [0.3, 0.4) is 0 Å². The predicted molar refractivity (Wildman–Crippen MR) is 211 cm³/mol. The largest absolute Gasteiger partial charge is 0.481 e. The molecular formula is C47H71N3O5. The molecule has 1 saturated heterocycles. The van der Waals surface area contributed by atoms with Gasteiger partial charge in [-0.2, -0.15) is 0 Å². The molecule has 1 aliphatic heterocycles. The van der Waals surface area contributed by atoms with Crippen molar-refractivity contribution < 1.29 is 24.2 Å². The molecule has 8 heteroatoms. The topological polar surface area (TPSA) is 102 Å². The lowest BCUT2D eigenvalue weighted by Gasteiger charge is -2.73. The van der Waals surface area contributed by atoms with E-state index in [1.165, 1.54) is 38.5 Å². The Hall–Kier alpha value is -2.38. The van der Waals surface area contributed by atoms with Crippen molar-refractivity contribution in [2.24, 2.45) is 79.3 Å². The highest BCUT2D eigenvalue weighted by Crippen LogP contribution is 2.79. The minimum absolute atomic E-state index is 0.142. The SMILES string of the molecule is CC1([C@@H]2CC[C@]3(C(=O)N4CCC[C@H]4Cn4ccnc4)CC[C@]4(C)[C@H](CC[C@@H]5[C@@]6(C)CC[C@H](OC(=O)[C@H]7C[C@@H](C(=O)O)C7(C)C)C(C)(C)[C@@H]6CC[C@]54C)[C@@H]23)CC1. The highest BCUT2D eigenvalue weighted by molar-refractivity contribution is 5.84. The number of fused-ring (bicyclic) bond motifs is 7. The van der Waals surface area contributed by atoms with Crippen molar-refractivity contribution in [2.45, 2.75) is 170 Å². The van der Waals surface area contributed by atoms with Crippen molar-refractivity contribution in [3.63, 3.8) is 0 Å². The second kappa shape index (κ2) is 12.3. The highest BCUT2D eigenvalue weighted by atomic mass is 16.5. The van der Waals surface area contributed by atoms with E-state index in [1.54, 1.807) is 0 Å². The van der Waals surface area contributed by atoms with Gasteiger partial charge in [-0.15, -0.1) is 0 Å². The molecule has 13 atom stereocenters. The van der Waals surface area contributed by atoms with Gasteiger partial charge in [0.25, 0.3) is 0 Å². The Labute approximate surface area is 330 Å². The smallest absolute Gasteiger partial charge is 0.309 e. The van der Waals surface area contributed by atoms with Crippen molar-refractivity contribution >= 4 is 17.8 Å². The normalized spacial score (nSPS) is 47.3. The molecule has 1 N–H and O–H groups in total. The zero-order chi connectivity index (χ0) is 39.1. The number of carboxylic acid groups (broad SMARTS) is 1. The van der Waals surface area contributed by atoms with Crippen LogP contribution in [0.5, 0.6) is 0 Å². The Morgan fingerprint density at radius 3 is 2.20 bits per heavy atom. The van der Waals surface area contributed by atoms with Crippen LogP contribution in [0.2, 0.25) is 0 Å². The van der Waals surface area contributed by atoms with Gasteiger partial charge in [0.05, 0.1) is 23.6 Å². The first kappa shape index (κ1) is 38.2. The van der Waals surface area contributed by atoms with Crippen molar-refractivity contribution in [3.8, 4) is 0 Å². The average molecular weight is 758 g/mol. The summed E-state index contributed by atoms with van der Waals surface area (Å²) in [4.78, 5) is 47.5. The van der Waals surface area contributed by atoms with Crippen LogP contribution in [-0.4, -0.2) is 56.1 Å². The molecule has 1 aromatic rings. The molecule has 304 valence electrons. The summed E-state index contributed by atoms with van der Waals surface area (Å²) in [5.41, 5.74) is 0.00332. The van der Waals surface area contributed by atoms with Crippen LogP contribution in [-0.2, 0) is 25.7 Å². The fraction of sp³-hybridized carbons (Fsp3) is 0.872. The maximum atomic E-state index is 15.4. The summed E-state index contributed by atoms with van der Waals surface area (Å²) >= 11 is 0. The van der Waals surface area contributed by atoms with Crippen molar-refractivity contribution in [2.75, 3.05) is 6.54 Å². The van der Waals surface area contributed by atoms with E-state index >= 15 is 4.79 Å². The fourth-order valence-corrected chi connectivity index (χ4v) is 16.7. The van der Waals surface area contributed by atoms with Gasteiger partial charge in [-0.1, -0.05) is 55.4 Å². The number of aromatic nitrogens is 2. The van der Waals surface area contributed by atoms with Crippen molar-refractivity contribution in [1.82, 2.24) is 14.5 Å². The molecule has 2 heterocycles. The van der Waals surface area contributed by atoms with Gasteiger partial charge in [0, 0.05) is 36.9 Å². The third kappa shape index (κ3) is 5.18. The molecule has 0 radical (unpaired) electrons. The lowest BCUT2D eigenvalue weighted by atomic mass is 9.32. The third-order valence-corrected chi connectivity index (χ3v) is 20.5. The van der Waals surface area contributed by atoms with Gasteiger partial charge in [0.1, 0.15) is 6.10 Å². The number of esters is 1. The van der Waals surface area contributed by atoms with Crippen molar-refractivity contribution in [1.29, 1.82) is 0 Å². The van der Waals surface area contributed by atoms with Crippen LogP contribution in [0.4, 0.5) is 0 Å². The third-order valence-electron chi connectivity index (χ3n) is 20.5. The van der Waals surface area contributed by atoms with Gasteiger partial charge in [-0.3, -0.25) is 14.4 Å². The van der Waals surface area contributed by atoms with E-state index in [-0.39, 0.29) is 51.1 Å². The number of likely N-dealkylation sites (tertiary alicyclic amines) is 1. The van der Waals surface area contributed by atoms with Crippen LogP contribution >= 0.6 is 0 Å². The molecule has 9 rings (SSSR count). The lowest BCUT2D eigenvalue weighted by molar-refractivity contribution is -0.253. The Kier molecular flexibility index (Phi) is 8.55. The predicted octanol–water partition coefficient (Wildman–Crippen LogP) is 9.41. The number of imidazole rings is 1. The molecule has 1 aromatic heterocycles. The first-order chi connectivity index (χ1) is 25.8. The molecule has 8 fully saturated rings. The van der Waals surface area contributed by atoms with Crippen LogP contribution in [0.15, 0.2) is 18.7 Å². The van der Waals surface area contributed by atoms with Gasteiger partial charge in [0.15, 0.2) is 0 Å². The van der Waals surface area contributed by atoms with Gasteiger partial charge >= 0.3 is 11.9 Å². The Balaban J connectivity index is 0.977. The molecular weight excluding hydrogens is 687 g/mol. The number of carbonyl (C=O) groups excluding carboxylic acids is 2. The summed E-state index contributed by atoms with van der Waals surface area (Å²) in [6.45, 7) is 20.9. The summed E-state index contributed by atoms with van der Waals surface area (Å²) in [6, 6.07) is 0.267. The molecule has 55 heavy (non-hydrogen) atoms. The van der Waals surface area contributed by atoms with Crippen LogP contribution in [0, 0.1) is 79.3 Å². The average Bonchev–Trinajstić information content (AvgIpc) is 3.50. The van der Waals surface area contributed by atoms with E-state index in [0.29, 0.717) is 47.3 Å². The van der Waals surface area contributed by atoms with Crippen LogP contribution in [0.25, 0.3) is 0 Å². The molecule has 7 saturated carbocycles. The fourth-order valence-electron chi connectivity index (χ4n) is 16.7. The van der Waals surface area contributed by atoms with E-state index in [1.807, 2.05) is 26.4 Å². The maximum Gasteiger partial charge on any atom is 0.309 e. The lowest BCUT2D eigenvalue weighted by Crippen LogP contribution is -2.68. The summed E-state index contributed by atoms with van der Waals surface area (Å²) in [5, 5.41) is 9.69. The first-order valence-electron chi connectivity index (χ1n) is 22.5. The van der Waals surface area contributed by atoms with Crippen molar-refractivity contribution in [3.05, 3.63) is 18.7 Å². The van der Waals surface area contributed by atoms with Gasteiger partial charge in [-0.05, 0) is 153 Å². The minimum atomic E-state index is -0.807. The van der Waals surface area contributed by atoms with Gasteiger partial charge in [0.2, 0.25) is 5.91 Å². The van der Waals surface area contributed by atoms with Crippen LogP contribution in [0.1, 0.15) is 152 Å². The molecule has 8 aliphatic rings. The maximum absolute atomic E-state index is 15.4. The standard InChI is InChI=1S/C47H71N3O5/c1-41(2)32(38(51)52)26-33(41)39(53)55-36-15-16-44(6)34(42(36,3)4)14-17-46(8)35(44)12-11-31-37-30(43(5)19-20-43)13-18-47(37,22-21-45(31,46)7)40(54)50-24-9-10-29(50)27-49-25-23-48-28-49/h23,25,28-37H,9-22,24,26-27H2,1-8H3,(H,51,52)/t29-,30+,31+,32-,33+,34-,35+,36-,37+,44-,45+,46+,47-/m0/s1. The molecule has 1 amide bonds. The second-order valence-corrected chi connectivity index (χ2v) is 23.0. The summed E-state index contributed by atoms with van der Waals surface area (Å²) in [7, 11) is 0. The summed E-state index contributed by atoms with van der Waals surface area (Å²) in [6.07, 6.45) is 22.2. The van der Waals surface area contributed by atoms with E-state index in [4.69, 9.17) is 4.74 Å². The molecule has 8 nitrogen and oxygen atoms in total. The number of carbonyl (C=O) groups is 3. The van der Waals surface area contributed by atoms with E-state index < -0.39 is 17.3 Å². The number of carboxylic acids is 1. The quantitative estimate of drug-likeness (QED) is 0.278. The number of nitrogens with zero attached hydrogens (tertiary/aromatic N) is 3. The summed E-state index contributed by atoms with van der Waals surface area (Å²) < 4.78 is 8.65. The molecule has 0 aromatic carbocycles. The molecule has 0 spiro atoms.